The number of amidine groups is 1. The number of nitrogens with zero attached hydrogens (tertiary/aromatic N) is 2. The number of aromatic nitrogens is 1. The molecule has 5 heteroatoms. The van der Waals surface area contributed by atoms with E-state index in [1.807, 2.05) is 12.1 Å². The van der Waals surface area contributed by atoms with Gasteiger partial charge in [0.2, 0.25) is 0 Å². The van der Waals surface area contributed by atoms with Crippen LogP contribution in [-0.4, -0.2) is 22.1 Å². The monoisotopic (exact) mass is 220 g/mol. The van der Waals surface area contributed by atoms with E-state index in [1.54, 1.807) is 6.20 Å². The van der Waals surface area contributed by atoms with Gasteiger partial charge < -0.3 is 16.3 Å². The van der Waals surface area contributed by atoms with E-state index in [0.29, 0.717) is 18.3 Å². The number of rotatable bonds is 4. The summed E-state index contributed by atoms with van der Waals surface area (Å²) >= 11 is 0. The van der Waals surface area contributed by atoms with Gasteiger partial charge in [-0.3, -0.25) is 4.98 Å². The van der Waals surface area contributed by atoms with Crippen molar-refractivity contribution in [2.24, 2.45) is 10.9 Å². The van der Waals surface area contributed by atoms with Gasteiger partial charge in [0.1, 0.15) is 5.69 Å². The number of oxime groups is 1. The molecular weight excluding hydrogens is 204 g/mol. The molecule has 0 saturated heterocycles. The van der Waals surface area contributed by atoms with Crippen LogP contribution in [0.3, 0.4) is 0 Å². The molecule has 0 aliphatic heterocycles. The van der Waals surface area contributed by atoms with E-state index < -0.39 is 0 Å². The molecule has 16 heavy (non-hydrogen) atoms. The van der Waals surface area contributed by atoms with Gasteiger partial charge in [-0.15, -0.1) is 0 Å². The summed E-state index contributed by atoms with van der Waals surface area (Å²) in [6.45, 7) is 0.712. The third kappa shape index (κ3) is 2.30. The van der Waals surface area contributed by atoms with Gasteiger partial charge in [-0.25, -0.2) is 0 Å². The van der Waals surface area contributed by atoms with Crippen LogP contribution in [0.4, 0.5) is 0 Å². The Morgan fingerprint density at radius 3 is 3.06 bits per heavy atom. The van der Waals surface area contributed by atoms with Crippen LogP contribution in [0.15, 0.2) is 23.5 Å². The lowest BCUT2D eigenvalue weighted by Gasteiger charge is -2.26. The first-order valence-corrected chi connectivity index (χ1v) is 5.46. The lowest BCUT2D eigenvalue weighted by molar-refractivity contribution is 0.318. The maximum Gasteiger partial charge on any atom is 0.189 e. The van der Waals surface area contributed by atoms with Crippen molar-refractivity contribution in [2.45, 2.75) is 31.8 Å². The van der Waals surface area contributed by atoms with E-state index in [-0.39, 0.29) is 5.84 Å². The molecule has 1 aromatic heterocycles. The largest absolute Gasteiger partial charge is 0.409 e. The molecule has 1 aromatic rings. The normalized spacial score (nSPS) is 17.1. The number of nitrogens with one attached hydrogen (secondary N) is 1. The third-order valence-corrected chi connectivity index (χ3v) is 2.93. The van der Waals surface area contributed by atoms with E-state index in [2.05, 4.69) is 15.5 Å². The van der Waals surface area contributed by atoms with Crippen molar-refractivity contribution >= 4 is 5.84 Å². The third-order valence-electron chi connectivity index (χ3n) is 2.93. The minimum absolute atomic E-state index is 0.0611. The Morgan fingerprint density at radius 1 is 1.62 bits per heavy atom. The average Bonchev–Trinajstić information content (AvgIpc) is 2.26. The van der Waals surface area contributed by atoms with Crippen molar-refractivity contribution in [1.82, 2.24) is 10.3 Å². The molecule has 0 radical (unpaired) electrons. The van der Waals surface area contributed by atoms with E-state index in [0.717, 1.165) is 5.56 Å². The Labute approximate surface area is 94.4 Å². The summed E-state index contributed by atoms with van der Waals surface area (Å²) in [4.78, 5) is 4.12. The van der Waals surface area contributed by atoms with Gasteiger partial charge in [-0.1, -0.05) is 17.6 Å². The molecule has 0 atom stereocenters. The van der Waals surface area contributed by atoms with Crippen LogP contribution >= 0.6 is 0 Å². The van der Waals surface area contributed by atoms with Gasteiger partial charge in [-0.05, 0) is 24.5 Å². The zero-order chi connectivity index (χ0) is 11.4. The van der Waals surface area contributed by atoms with Crippen LogP contribution in [0, 0.1) is 0 Å². The standard InChI is InChI=1S/C11H16N4O/c12-11(15-16)10-8(3-2-6-13-10)7-14-9-4-1-5-9/h2-3,6,9,14,16H,1,4-5,7H2,(H2,12,15). The van der Waals surface area contributed by atoms with Gasteiger partial charge in [0.05, 0.1) is 0 Å². The summed E-state index contributed by atoms with van der Waals surface area (Å²) in [6, 6.07) is 4.40. The van der Waals surface area contributed by atoms with Crippen LogP contribution in [0.5, 0.6) is 0 Å². The van der Waals surface area contributed by atoms with Crippen LogP contribution in [0.2, 0.25) is 0 Å². The fourth-order valence-corrected chi connectivity index (χ4v) is 1.73. The summed E-state index contributed by atoms with van der Waals surface area (Å²) in [5.41, 5.74) is 7.07. The Kier molecular flexibility index (Phi) is 3.36. The minimum Gasteiger partial charge on any atom is -0.409 e. The zero-order valence-corrected chi connectivity index (χ0v) is 9.06. The van der Waals surface area contributed by atoms with Gasteiger partial charge in [0, 0.05) is 18.8 Å². The predicted octanol–water partition coefficient (Wildman–Crippen LogP) is 0.818. The lowest BCUT2D eigenvalue weighted by Crippen LogP contribution is -2.35. The molecule has 0 amide bonds. The maximum absolute atomic E-state index is 8.65. The Hall–Kier alpha value is -1.62. The molecule has 1 fully saturated rings. The number of nitrogens with two attached hydrogens (primary N) is 1. The fourth-order valence-electron chi connectivity index (χ4n) is 1.73. The van der Waals surface area contributed by atoms with Crippen molar-refractivity contribution in [3.8, 4) is 0 Å². The average molecular weight is 220 g/mol. The van der Waals surface area contributed by atoms with Crippen molar-refractivity contribution in [2.75, 3.05) is 0 Å². The molecule has 0 bridgehead atoms. The van der Waals surface area contributed by atoms with Crippen molar-refractivity contribution in [3.05, 3.63) is 29.6 Å². The molecule has 1 saturated carbocycles. The van der Waals surface area contributed by atoms with Crippen LogP contribution in [-0.2, 0) is 6.54 Å². The summed E-state index contributed by atoms with van der Waals surface area (Å²) in [5.74, 6) is 0.0611. The van der Waals surface area contributed by atoms with Crippen LogP contribution in [0.25, 0.3) is 0 Å². The predicted molar refractivity (Wildman–Crippen MR) is 61.2 cm³/mol. The second kappa shape index (κ2) is 4.94. The van der Waals surface area contributed by atoms with Crippen molar-refractivity contribution in [1.29, 1.82) is 0 Å². The summed E-state index contributed by atoms with van der Waals surface area (Å²) in [5, 5.41) is 15.1. The maximum atomic E-state index is 8.65. The molecule has 1 aliphatic rings. The molecule has 4 N–H and O–H groups in total. The van der Waals surface area contributed by atoms with E-state index >= 15 is 0 Å². The molecule has 1 aliphatic carbocycles. The molecule has 86 valence electrons. The van der Waals surface area contributed by atoms with Crippen molar-refractivity contribution < 1.29 is 5.21 Å². The molecule has 2 rings (SSSR count). The van der Waals surface area contributed by atoms with Crippen LogP contribution < -0.4 is 11.1 Å². The molecule has 5 nitrogen and oxygen atoms in total. The van der Waals surface area contributed by atoms with Gasteiger partial charge >= 0.3 is 0 Å². The Bertz CT molecular complexity index is 387. The smallest absolute Gasteiger partial charge is 0.189 e. The topological polar surface area (TPSA) is 83.5 Å². The highest BCUT2D eigenvalue weighted by Gasteiger charge is 2.17. The van der Waals surface area contributed by atoms with Gasteiger partial charge in [0.15, 0.2) is 5.84 Å². The second-order valence-electron chi connectivity index (χ2n) is 4.01. The van der Waals surface area contributed by atoms with Crippen LogP contribution in [0.1, 0.15) is 30.5 Å². The lowest BCUT2D eigenvalue weighted by atomic mass is 9.93. The first-order chi connectivity index (χ1) is 7.81. The highest BCUT2D eigenvalue weighted by Crippen LogP contribution is 2.18. The Morgan fingerprint density at radius 2 is 2.44 bits per heavy atom. The van der Waals surface area contributed by atoms with E-state index in [4.69, 9.17) is 10.9 Å². The first-order valence-electron chi connectivity index (χ1n) is 5.46. The number of pyridine rings is 1. The SMILES string of the molecule is NC(=NO)c1ncccc1CNC1CCC1. The first kappa shape index (κ1) is 10.9. The van der Waals surface area contributed by atoms with E-state index in [1.165, 1.54) is 19.3 Å². The highest BCUT2D eigenvalue weighted by molar-refractivity contribution is 5.96. The Balaban J connectivity index is 2.06. The summed E-state index contributed by atoms with van der Waals surface area (Å²) < 4.78 is 0. The van der Waals surface area contributed by atoms with E-state index in [9.17, 15) is 0 Å². The van der Waals surface area contributed by atoms with Gasteiger partial charge in [0.25, 0.3) is 0 Å². The zero-order valence-electron chi connectivity index (χ0n) is 9.06. The number of hydrogen-bond donors (Lipinski definition) is 3. The fraction of sp³-hybridized carbons (Fsp3) is 0.455. The molecule has 0 unspecified atom stereocenters. The minimum atomic E-state index is 0.0611. The van der Waals surface area contributed by atoms with Crippen molar-refractivity contribution in [3.63, 3.8) is 0 Å². The molecule has 1 heterocycles. The summed E-state index contributed by atoms with van der Waals surface area (Å²) in [6.07, 6.45) is 5.41. The molecular formula is C11H16N4O. The molecule has 0 spiro atoms. The highest BCUT2D eigenvalue weighted by atomic mass is 16.4. The summed E-state index contributed by atoms with van der Waals surface area (Å²) in [7, 11) is 0. The van der Waals surface area contributed by atoms with Gasteiger partial charge in [-0.2, -0.15) is 0 Å². The second-order valence-corrected chi connectivity index (χ2v) is 4.01. The quantitative estimate of drug-likeness (QED) is 0.303. The molecule has 0 aromatic carbocycles. The number of hydrogen-bond acceptors (Lipinski definition) is 4.